The molecule has 1 heterocycles. The summed E-state index contributed by atoms with van der Waals surface area (Å²) in [6.45, 7) is 0.346. The summed E-state index contributed by atoms with van der Waals surface area (Å²) in [5.74, 6) is 0.975. The average Bonchev–Trinajstić information content (AvgIpc) is 2.52. The second-order valence-corrected chi connectivity index (χ2v) is 4.31. The predicted octanol–water partition coefficient (Wildman–Crippen LogP) is 1.32. The Labute approximate surface area is 121 Å². The van der Waals surface area contributed by atoms with Crippen molar-refractivity contribution in [2.45, 2.75) is 6.54 Å². The van der Waals surface area contributed by atoms with Gasteiger partial charge in [-0.3, -0.25) is 9.59 Å². The molecule has 0 saturated heterocycles. The lowest BCUT2D eigenvalue weighted by Crippen LogP contribution is -2.23. The number of ether oxygens (including phenoxy) is 2. The zero-order chi connectivity index (χ0) is 15.2. The third-order valence-corrected chi connectivity index (χ3v) is 2.95. The van der Waals surface area contributed by atoms with Crippen LogP contribution in [0.15, 0.2) is 41.3 Å². The van der Waals surface area contributed by atoms with Gasteiger partial charge in [0.25, 0.3) is 5.91 Å². The van der Waals surface area contributed by atoms with E-state index >= 15 is 0 Å². The Balaban J connectivity index is 2.04. The van der Waals surface area contributed by atoms with E-state index in [0.29, 0.717) is 23.6 Å². The van der Waals surface area contributed by atoms with Crippen LogP contribution in [0.3, 0.4) is 0 Å². The number of aromatic nitrogens is 1. The number of H-pyrrole nitrogens is 1. The largest absolute Gasteiger partial charge is 0.493 e. The van der Waals surface area contributed by atoms with Gasteiger partial charge in [-0.25, -0.2) is 0 Å². The first-order valence-corrected chi connectivity index (χ1v) is 6.32. The molecule has 2 rings (SSSR count). The molecule has 1 aromatic carbocycles. The SMILES string of the molecule is COc1ccc(CNC(=O)c2ccc(=O)[nH]c2)cc1OC. The van der Waals surface area contributed by atoms with Crippen molar-refractivity contribution in [3.8, 4) is 11.5 Å². The molecule has 0 aliphatic heterocycles. The molecule has 2 N–H and O–H groups in total. The third-order valence-electron chi connectivity index (χ3n) is 2.95. The van der Waals surface area contributed by atoms with Crippen LogP contribution < -0.4 is 20.3 Å². The van der Waals surface area contributed by atoms with E-state index < -0.39 is 0 Å². The number of nitrogens with one attached hydrogen (secondary N) is 2. The molecule has 0 saturated carbocycles. The Hall–Kier alpha value is -2.76. The van der Waals surface area contributed by atoms with Gasteiger partial charge in [-0.05, 0) is 23.8 Å². The van der Waals surface area contributed by atoms with Gasteiger partial charge < -0.3 is 19.8 Å². The molecular formula is C15H16N2O4. The van der Waals surface area contributed by atoms with E-state index in [-0.39, 0.29) is 11.5 Å². The van der Waals surface area contributed by atoms with Gasteiger partial charge in [0.15, 0.2) is 11.5 Å². The van der Waals surface area contributed by atoms with Gasteiger partial charge in [0.1, 0.15) is 0 Å². The first-order valence-electron chi connectivity index (χ1n) is 6.32. The van der Waals surface area contributed by atoms with E-state index in [0.717, 1.165) is 5.56 Å². The van der Waals surface area contributed by atoms with Gasteiger partial charge >= 0.3 is 0 Å². The topological polar surface area (TPSA) is 80.4 Å². The van der Waals surface area contributed by atoms with Crippen LogP contribution in [0, 0.1) is 0 Å². The van der Waals surface area contributed by atoms with Crippen LogP contribution in [0.2, 0.25) is 0 Å². The van der Waals surface area contributed by atoms with Crippen molar-refractivity contribution in [2.24, 2.45) is 0 Å². The van der Waals surface area contributed by atoms with Crippen molar-refractivity contribution >= 4 is 5.91 Å². The molecule has 0 atom stereocenters. The van der Waals surface area contributed by atoms with Crippen LogP contribution in [0.25, 0.3) is 0 Å². The number of benzene rings is 1. The molecule has 1 aromatic heterocycles. The van der Waals surface area contributed by atoms with E-state index in [4.69, 9.17) is 9.47 Å². The Bertz CT molecular complexity index is 674. The summed E-state index contributed by atoms with van der Waals surface area (Å²) in [4.78, 5) is 25.3. The summed E-state index contributed by atoms with van der Waals surface area (Å²) in [6.07, 6.45) is 1.38. The number of rotatable bonds is 5. The number of hydrogen-bond donors (Lipinski definition) is 2. The molecule has 0 aliphatic carbocycles. The summed E-state index contributed by atoms with van der Waals surface area (Å²) >= 11 is 0. The molecule has 0 aliphatic rings. The standard InChI is InChI=1S/C15H16N2O4/c1-20-12-5-3-10(7-13(12)21-2)8-17-15(19)11-4-6-14(18)16-9-11/h3-7,9H,8H2,1-2H3,(H,16,18)(H,17,19). The lowest BCUT2D eigenvalue weighted by molar-refractivity contribution is 0.0950. The summed E-state index contributed by atoms with van der Waals surface area (Å²) < 4.78 is 10.4. The first-order chi connectivity index (χ1) is 10.1. The fourth-order valence-corrected chi connectivity index (χ4v) is 1.83. The zero-order valence-electron chi connectivity index (χ0n) is 11.8. The van der Waals surface area contributed by atoms with E-state index in [1.54, 1.807) is 26.4 Å². The minimum atomic E-state index is -0.263. The number of pyridine rings is 1. The van der Waals surface area contributed by atoms with E-state index in [9.17, 15) is 9.59 Å². The van der Waals surface area contributed by atoms with E-state index in [2.05, 4.69) is 10.3 Å². The van der Waals surface area contributed by atoms with Crippen molar-refractivity contribution < 1.29 is 14.3 Å². The third kappa shape index (κ3) is 3.62. The minimum absolute atomic E-state index is 0.244. The van der Waals surface area contributed by atoms with Crippen molar-refractivity contribution in [2.75, 3.05) is 14.2 Å². The van der Waals surface area contributed by atoms with Crippen LogP contribution in [0.5, 0.6) is 11.5 Å². The monoisotopic (exact) mass is 288 g/mol. The second kappa shape index (κ2) is 6.60. The summed E-state index contributed by atoms with van der Waals surface area (Å²) in [5.41, 5.74) is 1.03. The molecule has 6 nitrogen and oxygen atoms in total. The first kappa shape index (κ1) is 14.6. The molecule has 0 fully saturated rings. The minimum Gasteiger partial charge on any atom is -0.493 e. The van der Waals surface area contributed by atoms with Crippen LogP contribution in [0.4, 0.5) is 0 Å². The number of methoxy groups -OCH3 is 2. The van der Waals surface area contributed by atoms with Gasteiger partial charge in [-0.15, -0.1) is 0 Å². The second-order valence-electron chi connectivity index (χ2n) is 4.31. The highest BCUT2D eigenvalue weighted by Crippen LogP contribution is 2.27. The Kier molecular flexibility index (Phi) is 4.61. The van der Waals surface area contributed by atoms with Crippen molar-refractivity contribution in [1.29, 1.82) is 0 Å². The highest BCUT2D eigenvalue weighted by atomic mass is 16.5. The smallest absolute Gasteiger partial charge is 0.253 e. The molecule has 0 unspecified atom stereocenters. The number of hydrogen-bond acceptors (Lipinski definition) is 4. The van der Waals surface area contributed by atoms with Gasteiger partial charge in [0, 0.05) is 18.8 Å². The lowest BCUT2D eigenvalue weighted by Gasteiger charge is -2.10. The molecule has 1 amide bonds. The normalized spacial score (nSPS) is 10.0. The molecule has 2 aromatic rings. The zero-order valence-corrected chi connectivity index (χ0v) is 11.8. The van der Waals surface area contributed by atoms with E-state index in [1.807, 2.05) is 6.07 Å². The van der Waals surface area contributed by atoms with Crippen molar-refractivity contribution in [3.05, 3.63) is 58.0 Å². The van der Waals surface area contributed by atoms with Crippen LogP contribution >= 0.6 is 0 Å². The average molecular weight is 288 g/mol. The summed E-state index contributed by atoms with van der Waals surface area (Å²) in [6, 6.07) is 8.20. The summed E-state index contributed by atoms with van der Waals surface area (Å²) in [7, 11) is 3.12. The highest BCUT2D eigenvalue weighted by Gasteiger charge is 2.07. The number of aromatic amines is 1. The van der Waals surface area contributed by atoms with Crippen LogP contribution in [-0.4, -0.2) is 25.1 Å². The van der Waals surface area contributed by atoms with Crippen molar-refractivity contribution in [1.82, 2.24) is 10.3 Å². The summed E-state index contributed by atoms with van der Waals surface area (Å²) in [5, 5.41) is 2.77. The maximum atomic E-state index is 11.9. The maximum Gasteiger partial charge on any atom is 0.253 e. The molecule has 6 heteroatoms. The fourth-order valence-electron chi connectivity index (χ4n) is 1.83. The Morgan fingerprint density at radius 3 is 2.52 bits per heavy atom. The van der Waals surface area contributed by atoms with E-state index in [1.165, 1.54) is 18.3 Å². The lowest BCUT2D eigenvalue weighted by atomic mass is 10.2. The molecule has 110 valence electrons. The van der Waals surface area contributed by atoms with Gasteiger partial charge in [-0.2, -0.15) is 0 Å². The van der Waals surface area contributed by atoms with Gasteiger partial charge in [0.05, 0.1) is 19.8 Å². The Morgan fingerprint density at radius 2 is 1.90 bits per heavy atom. The number of carbonyl (C=O) groups excluding carboxylic acids is 1. The molecule has 0 spiro atoms. The highest BCUT2D eigenvalue weighted by molar-refractivity contribution is 5.93. The molecule has 21 heavy (non-hydrogen) atoms. The van der Waals surface area contributed by atoms with Crippen LogP contribution in [0.1, 0.15) is 15.9 Å². The van der Waals surface area contributed by atoms with Crippen molar-refractivity contribution in [3.63, 3.8) is 0 Å². The number of amides is 1. The fraction of sp³-hybridized carbons (Fsp3) is 0.200. The van der Waals surface area contributed by atoms with Crippen LogP contribution in [-0.2, 0) is 6.54 Å². The van der Waals surface area contributed by atoms with Gasteiger partial charge in [-0.1, -0.05) is 6.07 Å². The van der Waals surface area contributed by atoms with Gasteiger partial charge in [0.2, 0.25) is 5.56 Å². The Morgan fingerprint density at radius 1 is 1.14 bits per heavy atom. The molecular weight excluding hydrogens is 272 g/mol. The number of carbonyl (C=O) groups is 1. The predicted molar refractivity (Wildman–Crippen MR) is 77.8 cm³/mol. The molecule has 0 radical (unpaired) electrons. The quantitative estimate of drug-likeness (QED) is 0.869. The maximum absolute atomic E-state index is 11.9. The molecule has 0 bridgehead atoms.